The lowest BCUT2D eigenvalue weighted by Gasteiger charge is -2.31. The Morgan fingerprint density at radius 3 is 2.00 bits per heavy atom. The third kappa shape index (κ3) is 6.40. The van der Waals surface area contributed by atoms with Crippen molar-refractivity contribution in [3.63, 3.8) is 0 Å². The number of carbonyl (C=O) groups is 2. The molecule has 4 aromatic carbocycles. The van der Waals surface area contributed by atoms with Crippen LogP contribution in [0.1, 0.15) is 22.3 Å². The van der Waals surface area contributed by atoms with E-state index in [0.29, 0.717) is 31.0 Å². The molecule has 0 aromatic heterocycles. The van der Waals surface area contributed by atoms with Crippen LogP contribution in [0.15, 0.2) is 109 Å². The number of nitrogens with zero attached hydrogens (tertiary/aromatic N) is 1. The first-order valence-corrected chi connectivity index (χ1v) is 12.7. The minimum absolute atomic E-state index is 0.0980. The first kappa shape index (κ1) is 25.1. The predicted molar refractivity (Wildman–Crippen MR) is 145 cm³/mol. The van der Waals surface area contributed by atoms with Gasteiger partial charge in [0.25, 0.3) is 0 Å². The number of amides is 2. The van der Waals surface area contributed by atoms with Crippen molar-refractivity contribution in [2.24, 2.45) is 0 Å². The van der Waals surface area contributed by atoms with E-state index in [0.717, 1.165) is 22.3 Å². The molecule has 1 N–H and O–H groups in total. The molecule has 0 bridgehead atoms. The van der Waals surface area contributed by atoms with Crippen LogP contribution < -0.4 is 14.8 Å². The molecule has 5 rings (SSSR count). The highest BCUT2D eigenvalue weighted by atomic mass is 16.7. The summed E-state index contributed by atoms with van der Waals surface area (Å²) in [6, 6.07) is 34.2. The molecule has 1 aliphatic rings. The standard InChI is InChI=1S/C32H30N2O4/c35-31(20-25-12-6-2-7-13-25)34(22-26-14-8-3-9-15-26)28(18-24-10-4-1-5-11-24)32(36)33-21-27-16-17-29-30(19-27)38-23-37-29/h1-17,19,28H,18,20-23H2,(H,33,36)/t28-/m1/s1. The summed E-state index contributed by atoms with van der Waals surface area (Å²) in [4.78, 5) is 29.3. The summed E-state index contributed by atoms with van der Waals surface area (Å²) >= 11 is 0. The Kier molecular flexibility index (Phi) is 7.99. The van der Waals surface area contributed by atoms with Crippen molar-refractivity contribution in [2.45, 2.75) is 32.0 Å². The topological polar surface area (TPSA) is 67.9 Å². The second-order valence-corrected chi connectivity index (χ2v) is 9.28. The van der Waals surface area contributed by atoms with Crippen LogP contribution in [0.25, 0.3) is 0 Å². The predicted octanol–water partition coefficient (Wildman–Crippen LogP) is 4.91. The van der Waals surface area contributed by atoms with Crippen molar-refractivity contribution in [1.29, 1.82) is 0 Å². The van der Waals surface area contributed by atoms with Crippen LogP contribution in [-0.4, -0.2) is 29.5 Å². The largest absolute Gasteiger partial charge is 0.454 e. The molecular formula is C32H30N2O4. The van der Waals surface area contributed by atoms with Gasteiger partial charge in [-0.3, -0.25) is 9.59 Å². The molecule has 6 nitrogen and oxygen atoms in total. The highest BCUT2D eigenvalue weighted by molar-refractivity contribution is 5.88. The van der Waals surface area contributed by atoms with Gasteiger partial charge in [-0.2, -0.15) is 0 Å². The van der Waals surface area contributed by atoms with Gasteiger partial charge in [0.05, 0.1) is 6.42 Å². The van der Waals surface area contributed by atoms with Crippen LogP contribution in [0.3, 0.4) is 0 Å². The maximum atomic E-state index is 13.8. The number of rotatable bonds is 10. The second-order valence-electron chi connectivity index (χ2n) is 9.28. The van der Waals surface area contributed by atoms with E-state index in [2.05, 4.69) is 5.32 Å². The SMILES string of the molecule is O=C(NCc1ccc2c(c1)OCO2)[C@@H](Cc1ccccc1)N(Cc1ccccc1)C(=O)Cc1ccccc1. The van der Waals surface area contributed by atoms with Gasteiger partial charge in [-0.1, -0.05) is 97.1 Å². The smallest absolute Gasteiger partial charge is 0.243 e. The van der Waals surface area contributed by atoms with Gasteiger partial charge in [0.2, 0.25) is 18.6 Å². The summed E-state index contributed by atoms with van der Waals surface area (Å²) < 4.78 is 10.9. The Balaban J connectivity index is 1.41. The fraction of sp³-hybridized carbons (Fsp3) is 0.188. The monoisotopic (exact) mass is 506 g/mol. The first-order valence-electron chi connectivity index (χ1n) is 12.7. The summed E-state index contributed by atoms with van der Waals surface area (Å²) in [7, 11) is 0. The third-order valence-corrected chi connectivity index (χ3v) is 6.57. The van der Waals surface area contributed by atoms with E-state index in [9.17, 15) is 9.59 Å². The maximum Gasteiger partial charge on any atom is 0.243 e. The third-order valence-electron chi connectivity index (χ3n) is 6.57. The van der Waals surface area contributed by atoms with Gasteiger partial charge in [0.15, 0.2) is 11.5 Å². The number of hydrogen-bond acceptors (Lipinski definition) is 4. The van der Waals surface area contributed by atoms with Crippen molar-refractivity contribution in [2.75, 3.05) is 6.79 Å². The average molecular weight is 507 g/mol. The van der Waals surface area contributed by atoms with Crippen LogP contribution >= 0.6 is 0 Å². The van der Waals surface area contributed by atoms with Crippen molar-refractivity contribution in [3.8, 4) is 11.5 Å². The van der Waals surface area contributed by atoms with Crippen LogP contribution in [0, 0.1) is 0 Å². The van der Waals surface area contributed by atoms with E-state index in [-0.39, 0.29) is 25.0 Å². The average Bonchev–Trinajstić information content (AvgIpc) is 3.43. The molecule has 192 valence electrons. The second kappa shape index (κ2) is 12.1. The van der Waals surface area contributed by atoms with Crippen LogP contribution in [-0.2, 0) is 35.5 Å². The molecule has 0 radical (unpaired) electrons. The van der Waals surface area contributed by atoms with Gasteiger partial charge in [-0.05, 0) is 34.4 Å². The van der Waals surface area contributed by atoms with Gasteiger partial charge < -0.3 is 19.7 Å². The summed E-state index contributed by atoms with van der Waals surface area (Å²) in [6.07, 6.45) is 0.621. The molecule has 6 heteroatoms. The molecule has 0 saturated heterocycles. The number of ether oxygens (including phenoxy) is 2. The van der Waals surface area contributed by atoms with Crippen molar-refractivity contribution in [1.82, 2.24) is 10.2 Å². The summed E-state index contributed by atoms with van der Waals surface area (Å²) in [5.41, 5.74) is 3.76. The Morgan fingerprint density at radius 1 is 0.711 bits per heavy atom. The van der Waals surface area contributed by atoms with Crippen LogP contribution in [0.5, 0.6) is 11.5 Å². The molecule has 1 aliphatic heterocycles. The molecule has 1 atom stereocenters. The number of hydrogen-bond donors (Lipinski definition) is 1. The zero-order valence-corrected chi connectivity index (χ0v) is 21.1. The summed E-state index contributed by atoms with van der Waals surface area (Å²) in [6.45, 7) is 0.844. The number of nitrogens with one attached hydrogen (secondary N) is 1. The zero-order valence-electron chi connectivity index (χ0n) is 21.1. The Labute approximate surface area is 222 Å². The minimum atomic E-state index is -0.692. The first-order chi connectivity index (χ1) is 18.7. The van der Waals surface area contributed by atoms with Crippen molar-refractivity contribution in [3.05, 3.63) is 131 Å². The molecule has 4 aromatic rings. The van der Waals surface area contributed by atoms with E-state index in [1.165, 1.54) is 0 Å². The number of fused-ring (bicyclic) bond motifs is 1. The van der Waals surface area contributed by atoms with Gasteiger partial charge in [-0.15, -0.1) is 0 Å². The fourth-order valence-corrected chi connectivity index (χ4v) is 4.56. The van der Waals surface area contributed by atoms with E-state index in [1.807, 2.05) is 109 Å². The van der Waals surface area contributed by atoms with Crippen molar-refractivity contribution < 1.29 is 19.1 Å². The number of carbonyl (C=O) groups excluding carboxylic acids is 2. The molecular weight excluding hydrogens is 476 g/mol. The lowest BCUT2D eigenvalue weighted by molar-refractivity contribution is -0.140. The molecule has 2 amide bonds. The minimum Gasteiger partial charge on any atom is -0.454 e. The van der Waals surface area contributed by atoms with Gasteiger partial charge in [0.1, 0.15) is 6.04 Å². The van der Waals surface area contributed by atoms with Gasteiger partial charge in [0, 0.05) is 19.5 Å². The van der Waals surface area contributed by atoms with E-state index < -0.39 is 6.04 Å². The zero-order chi connectivity index (χ0) is 26.2. The van der Waals surface area contributed by atoms with Crippen LogP contribution in [0.2, 0.25) is 0 Å². The Bertz CT molecular complexity index is 1360. The van der Waals surface area contributed by atoms with Gasteiger partial charge in [-0.25, -0.2) is 0 Å². The molecule has 0 unspecified atom stereocenters. The molecule has 38 heavy (non-hydrogen) atoms. The molecule has 1 heterocycles. The molecule has 0 spiro atoms. The molecule has 0 saturated carbocycles. The number of benzene rings is 4. The lowest BCUT2D eigenvalue weighted by Crippen LogP contribution is -2.50. The molecule has 0 fully saturated rings. The normalized spacial score (nSPS) is 12.5. The van der Waals surface area contributed by atoms with Crippen LogP contribution in [0.4, 0.5) is 0 Å². The van der Waals surface area contributed by atoms with E-state index in [4.69, 9.17) is 9.47 Å². The maximum absolute atomic E-state index is 13.8. The fourth-order valence-electron chi connectivity index (χ4n) is 4.56. The lowest BCUT2D eigenvalue weighted by atomic mass is 10.0. The Hall–Kier alpha value is -4.58. The molecule has 0 aliphatic carbocycles. The highest BCUT2D eigenvalue weighted by Crippen LogP contribution is 2.32. The Morgan fingerprint density at radius 2 is 1.32 bits per heavy atom. The summed E-state index contributed by atoms with van der Waals surface area (Å²) in [5.74, 6) is 1.06. The quantitative estimate of drug-likeness (QED) is 0.332. The summed E-state index contributed by atoms with van der Waals surface area (Å²) in [5, 5.41) is 3.07. The van der Waals surface area contributed by atoms with E-state index in [1.54, 1.807) is 4.90 Å². The van der Waals surface area contributed by atoms with E-state index >= 15 is 0 Å². The van der Waals surface area contributed by atoms with Gasteiger partial charge >= 0.3 is 0 Å². The highest BCUT2D eigenvalue weighted by Gasteiger charge is 2.30. The van der Waals surface area contributed by atoms with Crippen molar-refractivity contribution >= 4 is 11.8 Å².